The molecule has 8 heteroatoms. The Balaban J connectivity index is 1.94. The van der Waals surface area contributed by atoms with Gasteiger partial charge in [-0.3, -0.25) is 0 Å². The minimum absolute atomic E-state index is 0.0894. The smallest absolute Gasteiger partial charge is 0.416 e. The number of hydrogen-bond donors (Lipinski definition) is 2. The Kier molecular flexibility index (Phi) is 5.20. The summed E-state index contributed by atoms with van der Waals surface area (Å²) < 4.78 is 43.7. The number of carboxylic acid groups (broad SMARTS) is 1. The summed E-state index contributed by atoms with van der Waals surface area (Å²) >= 11 is 3.10. The highest BCUT2D eigenvalue weighted by atomic mass is 79.9. The van der Waals surface area contributed by atoms with Crippen LogP contribution in [0.1, 0.15) is 31.2 Å². The van der Waals surface area contributed by atoms with Crippen molar-refractivity contribution in [2.45, 2.75) is 44.0 Å². The number of nitrogens with one attached hydrogen (secondary N) is 1. The molecule has 1 fully saturated rings. The van der Waals surface area contributed by atoms with Crippen molar-refractivity contribution in [1.29, 1.82) is 0 Å². The van der Waals surface area contributed by atoms with Crippen LogP contribution in [-0.4, -0.2) is 23.3 Å². The van der Waals surface area contributed by atoms with Gasteiger partial charge in [0.1, 0.15) is 5.75 Å². The van der Waals surface area contributed by atoms with Crippen molar-refractivity contribution < 1.29 is 27.8 Å². The largest absolute Gasteiger partial charge is 0.489 e. The summed E-state index contributed by atoms with van der Waals surface area (Å²) in [6, 6.07) is 3.19. The normalized spacial score (nSPS) is 22.2. The van der Waals surface area contributed by atoms with E-state index in [4.69, 9.17) is 9.84 Å². The minimum atomic E-state index is -4.39. The van der Waals surface area contributed by atoms with E-state index in [0.717, 1.165) is 12.1 Å². The molecule has 1 aromatic rings. The number of rotatable bonds is 3. The van der Waals surface area contributed by atoms with Crippen LogP contribution in [0.15, 0.2) is 22.7 Å². The lowest BCUT2D eigenvalue weighted by molar-refractivity contribution is -0.137. The second-order valence-corrected chi connectivity index (χ2v) is 6.04. The van der Waals surface area contributed by atoms with Crippen molar-refractivity contribution in [3.63, 3.8) is 0 Å². The maximum absolute atomic E-state index is 12.6. The zero-order chi connectivity index (χ0) is 16.3. The standard InChI is InChI=1S/C14H15BrF3NO3/c15-11-7-8(14(16,17)18)1-6-12(11)22-10-4-2-9(3-5-10)19-13(20)21/h1,6-7,9-10,19H,2-5H2,(H,20,21). The molecule has 0 aliphatic heterocycles. The first-order chi connectivity index (χ1) is 10.3. The third kappa shape index (κ3) is 4.53. The molecule has 4 nitrogen and oxygen atoms in total. The summed E-state index contributed by atoms with van der Waals surface area (Å²) in [5, 5.41) is 11.1. The van der Waals surface area contributed by atoms with Crippen LogP contribution in [0.2, 0.25) is 0 Å². The fourth-order valence-electron chi connectivity index (χ4n) is 2.45. The average Bonchev–Trinajstić information content (AvgIpc) is 2.41. The van der Waals surface area contributed by atoms with Crippen LogP contribution in [0.5, 0.6) is 5.75 Å². The lowest BCUT2D eigenvalue weighted by Crippen LogP contribution is -2.38. The van der Waals surface area contributed by atoms with Crippen molar-refractivity contribution in [3.05, 3.63) is 28.2 Å². The van der Waals surface area contributed by atoms with Gasteiger partial charge < -0.3 is 15.2 Å². The first-order valence-corrected chi connectivity index (χ1v) is 7.58. The molecule has 0 unspecified atom stereocenters. The molecule has 0 radical (unpaired) electrons. The van der Waals surface area contributed by atoms with E-state index in [9.17, 15) is 18.0 Å². The van der Waals surface area contributed by atoms with Gasteiger partial charge in [0.2, 0.25) is 0 Å². The number of alkyl halides is 3. The summed E-state index contributed by atoms with van der Waals surface area (Å²) in [4.78, 5) is 10.6. The molecule has 1 aromatic carbocycles. The van der Waals surface area contributed by atoms with Crippen molar-refractivity contribution in [3.8, 4) is 5.75 Å². The summed E-state index contributed by atoms with van der Waals surface area (Å²) in [7, 11) is 0. The number of halogens is 4. The Morgan fingerprint density at radius 2 is 1.91 bits per heavy atom. The van der Waals surface area contributed by atoms with E-state index in [0.29, 0.717) is 31.4 Å². The maximum Gasteiger partial charge on any atom is 0.416 e. The van der Waals surface area contributed by atoms with Gasteiger partial charge >= 0.3 is 12.3 Å². The minimum Gasteiger partial charge on any atom is -0.489 e. The first kappa shape index (κ1) is 16.9. The SMILES string of the molecule is O=C(O)NC1CCC(Oc2ccc(C(F)(F)F)cc2Br)CC1. The Morgan fingerprint density at radius 3 is 2.41 bits per heavy atom. The molecule has 2 rings (SSSR count). The maximum atomic E-state index is 12.6. The lowest BCUT2D eigenvalue weighted by Gasteiger charge is -2.29. The van der Waals surface area contributed by atoms with Crippen LogP contribution < -0.4 is 10.1 Å². The first-order valence-electron chi connectivity index (χ1n) is 6.78. The molecule has 0 bridgehead atoms. The fraction of sp³-hybridized carbons (Fsp3) is 0.500. The molecule has 0 saturated heterocycles. The highest BCUT2D eigenvalue weighted by molar-refractivity contribution is 9.10. The van der Waals surface area contributed by atoms with E-state index >= 15 is 0 Å². The van der Waals surface area contributed by atoms with Gasteiger partial charge in [-0.1, -0.05) is 0 Å². The van der Waals surface area contributed by atoms with Gasteiger partial charge in [-0.15, -0.1) is 0 Å². The number of amides is 1. The van der Waals surface area contributed by atoms with Gasteiger partial charge in [-0.05, 0) is 59.8 Å². The van der Waals surface area contributed by atoms with Crippen LogP contribution in [0.3, 0.4) is 0 Å². The van der Waals surface area contributed by atoms with E-state index in [2.05, 4.69) is 21.2 Å². The predicted molar refractivity (Wildman–Crippen MR) is 77.0 cm³/mol. The Bertz CT molecular complexity index is 543. The van der Waals surface area contributed by atoms with Crippen LogP contribution in [0.25, 0.3) is 0 Å². The van der Waals surface area contributed by atoms with E-state index in [1.165, 1.54) is 6.07 Å². The average molecular weight is 382 g/mol. The molecule has 1 aliphatic carbocycles. The molecule has 1 amide bonds. The van der Waals surface area contributed by atoms with Crippen molar-refractivity contribution >= 4 is 22.0 Å². The number of carbonyl (C=O) groups is 1. The lowest BCUT2D eigenvalue weighted by atomic mass is 9.93. The molecule has 0 spiro atoms. The summed E-state index contributed by atoms with van der Waals surface area (Å²) in [6.45, 7) is 0. The second-order valence-electron chi connectivity index (χ2n) is 5.18. The van der Waals surface area contributed by atoms with Crippen LogP contribution in [-0.2, 0) is 6.18 Å². The van der Waals surface area contributed by atoms with Crippen molar-refractivity contribution in [2.75, 3.05) is 0 Å². The van der Waals surface area contributed by atoms with Gasteiger partial charge in [0.25, 0.3) is 0 Å². The van der Waals surface area contributed by atoms with E-state index in [1.54, 1.807) is 0 Å². The molecule has 1 aliphatic rings. The van der Waals surface area contributed by atoms with Gasteiger partial charge in [0.05, 0.1) is 16.1 Å². The van der Waals surface area contributed by atoms with Crippen LogP contribution >= 0.6 is 15.9 Å². The Hall–Kier alpha value is -1.44. The third-order valence-electron chi connectivity index (χ3n) is 3.55. The van der Waals surface area contributed by atoms with E-state index in [-0.39, 0.29) is 16.6 Å². The van der Waals surface area contributed by atoms with Crippen LogP contribution in [0.4, 0.5) is 18.0 Å². The third-order valence-corrected chi connectivity index (χ3v) is 4.17. The summed E-state index contributed by atoms with van der Waals surface area (Å²) in [5.41, 5.74) is -0.735. The molecule has 0 aromatic heterocycles. The summed E-state index contributed by atoms with van der Waals surface area (Å²) in [5.74, 6) is 0.364. The number of hydrogen-bond acceptors (Lipinski definition) is 2. The van der Waals surface area contributed by atoms with Crippen molar-refractivity contribution in [2.24, 2.45) is 0 Å². The van der Waals surface area contributed by atoms with Gasteiger partial charge in [-0.25, -0.2) is 4.79 Å². The zero-order valence-corrected chi connectivity index (χ0v) is 13.1. The molecule has 2 N–H and O–H groups in total. The molecule has 0 atom stereocenters. The molecule has 0 heterocycles. The second kappa shape index (κ2) is 6.76. The predicted octanol–water partition coefficient (Wildman–Crippen LogP) is 4.43. The highest BCUT2D eigenvalue weighted by Gasteiger charge is 2.31. The van der Waals surface area contributed by atoms with Gasteiger partial charge in [0, 0.05) is 6.04 Å². The summed E-state index contributed by atoms with van der Waals surface area (Å²) in [6.07, 6.45) is -2.96. The zero-order valence-electron chi connectivity index (χ0n) is 11.5. The van der Waals surface area contributed by atoms with Crippen molar-refractivity contribution in [1.82, 2.24) is 5.32 Å². The van der Waals surface area contributed by atoms with E-state index < -0.39 is 17.8 Å². The van der Waals surface area contributed by atoms with Gasteiger partial charge in [0.15, 0.2) is 0 Å². The van der Waals surface area contributed by atoms with E-state index in [1.807, 2.05) is 0 Å². The highest BCUT2D eigenvalue weighted by Crippen LogP contribution is 2.36. The topological polar surface area (TPSA) is 58.6 Å². The quantitative estimate of drug-likeness (QED) is 0.814. The Labute approximate surface area is 133 Å². The Morgan fingerprint density at radius 1 is 1.27 bits per heavy atom. The number of ether oxygens (including phenoxy) is 1. The molecule has 22 heavy (non-hydrogen) atoms. The molecular formula is C14H15BrF3NO3. The molecule has 122 valence electrons. The monoisotopic (exact) mass is 381 g/mol. The number of benzene rings is 1. The fourth-order valence-corrected chi connectivity index (χ4v) is 2.92. The van der Waals surface area contributed by atoms with Crippen LogP contribution in [0, 0.1) is 0 Å². The molecule has 1 saturated carbocycles. The van der Waals surface area contributed by atoms with Gasteiger partial charge in [-0.2, -0.15) is 13.2 Å². The molecular weight excluding hydrogens is 367 g/mol.